The fourth-order valence-corrected chi connectivity index (χ4v) is 4.26. The Morgan fingerprint density at radius 1 is 1.14 bits per heavy atom. The normalized spacial score (nSPS) is 30.8. The van der Waals surface area contributed by atoms with Crippen molar-refractivity contribution in [1.82, 2.24) is 4.90 Å². The molecule has 1 aromatic heterocycles. The molecule has 1 saturated carbocycles. The van der Waals surface area contributed by atoms with E-state index >= 15 is 0 Å². The molecule has 3 fully saturated rings. The third kappa shape index (κ3) is 1.27. The molecule has 1 aromatic carbocycles. The Morgan fingerprint density at radius 2 is 2.00 bits per heavy atom. The van der Waals surface area contributed by atoms with Gasteiger partial charge >= 0.3 is 6.03 Å². The molecule has 5 nitrogen and oxygen atoms in total. The van der Waals surface area contributed by atoms with Gasteiger partial charge in [-0.2, -0.15) is 4.90 Å². The van der Waals surface area contributed by atoms with Crippen molar-refractivity contribution in [2.75, 3.05) is 4.90 Å². The number of hydrogen-bond donors (Lipinski definition) is 0. The van der Waals surface area contributed by atoms with Gasteiger partial charge < -0.3 is 9.32 Å². The van der Waals surface area contributed by atoms with Gasteiger partial charge in [-0.25, -0.2) is 4.79 Å². The number of anilines is 1. The zero-order chi connectivity index (χ0) is 14.1. The number of amides is 3. The van der Waals surface area contributed by atoms with Crippen molar-refractivity contribution < 1.29 is 14.0 Å². The van der Waals surface area contributed by atoms with Crippen LogP contribution >= 0.6 is 0 Å². The highest BCUT2D eigenvalue weighted by molar-refractivity contribution is 6.23. The summed E-state index contributed by atoms with van der Waals surface area (Å²) in [6.07, 6.45) is 4.66. The van der Waals surface area contributed by atoms with Crippen LogP contribution in [0.2, 0.25) is 0 Å². The number of urea groups is 1. The fraction of sp³-hybridized carbons (Fsp3) is 0.375. The SMILES string of the molecule is O=C1C2C3CCC(C3)N2C(=O)N1c1occ2ccccc12. The lowest BCUT2D eigenvalue weighted by Gasteiger charge is -2.25. The van der Waals surface area contributed by atoms with Crippen molar-refractivity contribution in [2.45, 2.75) is 31.3 Å². The number of piperidine rings is 1. The van der Waals surface area contributed by atoms with E-state index < -0.39 is 0 Å². The fourth-order valence-electron chi connectivity index (χ4n) is 4.26. The smallest absolute Gasteiger partial charge is 0.334 e. The minimum absolute atomic E-state index is 0.118. The molecule has 21 heavy (non-hydrogen) atoms. The first-order chi connectivity index (χ1) is 10.3. The van der Waals surface area contributed by atoms with E-state index in [-0.39, 0.29) is 24.0 Å². The zero-order valence-electron chi connectivity index (χ0n) is 11.4. The maximum Gasteiger partial charge on any atom is 0.334 e. The molecule has 106 valence electrons. The van der Waals surface area contributed by atoms with Gasteiger partial charge in [-0.05, 0) is 31.2 Å². The van der Waals surface area contributed by atoms with E-state index in [1.807, 2.05) is 24.3 Å². The molecule has 2 saturated heterocycles. The summed E-state index contributed by atoms with van der Waals surface area (Å²) < 4.78 is 5.55. The molecular weight excluding hydrogens is 268 g/mol. The van der Waals surface area contributed by atoms with Crippen molar-refractivity contribution in [2.24, 2.45) is 5.92 Å². The number of furan rings is 1. The predicted molar refractivity (Wildman–Crippen MR) is 75.9 cm³/mol. The molecule has 5 rings (SSSR count). The van der Waals surface area contributed by atoms with Gasteiger partial charge in [-0.15, -0.1) is 0 Å². The lowest BCUT2D eigenvalue weighted by atomic mass is 9.99. The minimum Gasteiger partial charge on any atom is -0.447 e. The number of nitrogens with zero attached hydrogens (tertiary/aromatic N) is 2. The van der Waals surface area contributed by atoms with Gasteiger partial charge in [0, 0.05) is 16.8 Å². The van der Waals surface area contributed by atoms with Crippen LogP contribution in [0.4, 0.5) is 10.7 Å². The van der Waals surface area contributed by atoms with Gasteiger partial charge in [-0.1, -0.05) is 18.2 Å². The van der Waals surface area contributed by atoms with Crippen LogP contribution in [0.1, 0.15) is 19.3 Å². The van der Waals surface area contributed by atoms with Crippen molar-refractivity contribution in [3.05, 3.63) is 30.5 Å². The summed E-state index contributed by atoms with van der Waals surface area (Å²) in [6.45, 7) is 0. The van der Waals surface area contributed by atoms with E-state index in [1.165, 1.54) is 4.90 Å². The summed E-state index contributed by atoms with van der Waals surface area (Å²) in [5.74, 6) is 0.583. The second kappa shape index (κ2) is 3.67. The van der Waals surface area contributed by atoms with Crippen molar-refractivity contribution in [1.29, 1.82) is 0 Å². The summed E-state index contributed by atoms with van der Waals surface area (Å²) in [5.41, 5.74) is 0. The maximum absolute atomic E-state index is 12.7. The summed E-state index contributed by atoms with van der Waals surface area (Å²) in [4.78, 5) is 28.5. The van der Waals surface area contributed by atoms with Crippen LogP contribution in [-0.4, -0.2) is 28.9 Å². The van der Waals surface area contributed by atoms with Gasteiger partial charge in [0.05, 0.1) is 0 Å². The standard InChI is InChI=1S/C16H14N2O3/c19-14-13-9-5-6-11(7-9)17(13)16(20)18(14)15-12-4-2-1-3-10(12)8-21-15/h1-4,8-9,11,13H,5-7H2. The third-order valence-corrected chi connectivity index (χ3v) is 5.16. The summed E-state index contributed by atoms with van der Waals surface area (Å²) in [6, 6.07) is 7.36. The first-order valence-electron chi connectivity index (χ1n) is 7.38. The van der Waals surface area contributed by atoms with E-state index in [4.69, 9.17) is 4.42 Å². The first-order valence-corrected chi connectivity index (χ1v) is 7.38. The van der Waals surface area contributed by atoms with E-state index in [9.17, 15) is 9.59 Å². The average Bonchev–Trinajstić information content (AvgIpc) is 3.23. The Hall–Kier alpha value is -2.30. The first kappa shape index (κ1) is 11.4. The number of carbonyl (C=O) groups excluding carboxylic acids is 2. The quantitative estimate of drug-likeness (QED) is 0.756. The van der Waals surface area contributed by atoms with E-state index in [0.29, 0.717) is 11.8 Å². The molecule has 2 aliphatic heterocycles. The highest BCUT2D eigenvalue weighted by Crippen LogP contribution is 2.47. The Morgan fingerprint density at radius 3 is 2.86 bits per heavy atom. The number of imide groups is 1. The second-order valence-electron chi connectivity index (χ2n) is 6.16. The molecule has 3 heterocycles. The van der Waals surface area contributed by atoms with Gasteiger partial charge in [0.2, 0.25) is 5.88 Å². The van der Waals surface area contributed by atoms with Crippen molar-refractivity contribution >= 4 is 28.6 Å². The molecule has 2 bridgehead atoms. The predicted octanol–water partition coefficient (Wildman–Crippen LogP) is 2.75. The monoisotopic (exact) mass is 282 g/mol. The van der Waals surface area contributed by atoms with Gasteiger partial charge in [0.25, 0.3) is 5.91 Å². The molecule has 0 spiro atoms. The second-order valence-corrected chi connectivity index (χ2v) is 6.16. The van der Waals surface area contributed by atoms with Crippen LogP contribution in [0.3, 0.4) is 0 Å². The molecule has 3 unspecified atom stereocenters. The number of hydrogen-bond acceptors (Lipinski definition) is 3. The lowest BCUT2D eigenvalue weighted by Crippen LogP contribution is -2.40. The van der Waals surface area contributed by atoms with E-state index in [1.54, 1.807) is 11.2 Å². The number of carbonyl (C=O) groups is 2. The van der Waals surface area contributed by atoms with Crippen LogP contribution in [0.5, 0.6) is 0 Å². The van der Waals surface area contributed by atoms with Crippen molar-refractivity contribution in [3.8, 4) is 0 Å². The minimum atomic E-state index is -0.264. The molecule has 0 N–H and O–H groups in total. The third-order valence-electron chi connectivity index (χ3n) is 5.16. The van der Waals surface area contributed by atoms with Crippen LogP contribution < -0.4 is 4.90 Å². The van der Waals surface area contributed by atoms with Crippen LogP contribution in [0, 0.1) is 5.92 Å². The van der Waals surface area contributed by atoms with Gasteiger partial charge in [0.1, 0.15) is 12.3 Å². The Balaban J connectivity index is 1.64. The van der Waals surface area contributed by atoms with E-state index in [0.717, 1.165) is 30.0 Å². The highest BCUT2D eigenvalue weighted by Gasteiger charge is 2.59. The van der Waals surface area contributed by atoms with Gasteiger partial charge in [0.15, 0.2) is 0 Å². The summed E-state index contributed by atoms with van der Waals surface area (Å²) in [5, 5.41) is 1.72. The van der Waals surface area contributed by atoms with Crippen molar-refractivity contribution in [3.63, 3.8) is 0 Å². The van der Waals surface area contributed by atoms with Crippen LogP contribution in [0.15, 0.2) is 34.9 Å². The van der Waals surface area contributed by atoms with Crippen LogP contribution in [-0.2, 0) is 4.79 Å². The van der Waals surface area contributed by atoms with Gasteiger partial charge in [-0.3, -0.25) is 4.79 Å². The molecule has 3 aliphatic rings. The molecule has 2 aromatic rings. The molecular formula is C16H14N2O3. The highest BCUT2D eigenvalue weighted by atomic mass is 16.4. The van der Waals surface area contributed by atoms with Crippen LogP contribution in [0.25, 0.3) is 10.8 Å². The zero-order valence-corrected chi connectivity index (χ0v) is 11.4. The molecule has 3 amide bonds. The maximum atomic E-state index is 12.7. The number of rotatable bonds is 1. The number of benzene rings is 1. The largest absolute Gasteiger partial charge is 0.447 e. The van der Waals surface area contributed by atoms with E-state index in [2.05, 4.69) is 0 Å². The molecule has 0 radical (unpaired) electrons. The Kier molecular flexibility index (Phi) is 1.98. The topological polar surface area (TPSA) is 53.8 Å². The Bertz CT molecular complexity index is 753. The molecule has 1 aliphatic carbocycles. The summed E-state index contributed by atoms with van der Waals surface area (Å²) in [7, 11) is 0. The average molecular weight is 282 g/mol. The number of fused-ring (bicyclic) bond motifs is 6. The Labute approximate surface area is 121 Å². The molecule has 3 atom stereocenters. The summed E-state index contributed by atoms with van der Waals surface area (Å²) >= 11 is 0. The lowest BCUT2D eigenvalue weighted by molar-refractivity contribution is -0.120. The molecule has 5 heteroatoms.